The number of aryl methyl sites for hydroxylation is 1. The van der Waals surface area contributed by atoms with Gasteiger partial charge in [-0.2, -0.15) is 0 Å². The number of imidazole rings is 1. The second kappa shape index (κ2) is 4.83. The van der Waals surface area contributed by atoms with Gasteiger partial charge in [0.1, 0.15) is 11.8 Å². The van der Waals surface area contributed by atoms with Crippen LogP contribution in [0.2, 0.25) is 0 Å². The van der Waals surface area contributed by atoms with Crippen LogP contribution in [0.5, 0.6) is 0 Å². The largest absolute Gasteiger partial charge is 0.348 e. The highest BCUT2D eigenvalue weighted by Gasteiger charge is 2.32. The van der Waals surface area contributed by atoms with Gasteiger partial charge in [-0.3, -0.25) is 9.20 Å². The van der Waals surface area contributed by atoms with Crippen LogP contribution >= 0.6 is 11.3 Å². The summed E-state index contributed by atoms with van der Waals surface area (Å²) in [7, 11) is 0. The molecular weight excluding hydrogens is 278 g/mol. The van der Waals surface area contributed by atoms with E-state index in [9.17, 15) is 4.79 Å². The van der Waals surface area contributed by atoms with E-state index in [4.69, 9.17) is 9.47 Å². The van der Waals surface area contributed by atoms with Crippen LogP contribution in [0.25, 0.3) is 4.96 Å². The summed E-state index contributed by atoms with van der Waals surface area (Å²) in [4.78, 5) is 17.5. The molecule has 2 aromatic heterocycles. The summed E-state index contributed by atoms with van der Waals surface area (Å²) in [5, 5.41) is 4.80. The number of thiazole rings is 1. The Balaban J connectivity index is 1.68. The standard InChI is InChI=1S/C13H17N3O3S/c1-8-10(16-4-5-20-12(16)15-8)11(17)14-6-9-7-18-13(2,3)19-9/h4-5,9H,6-7H2,1-3H3,(H,14,17). The molecule has 1 atom stereocenters. The normalized spacial score (nSPS) is 21.4. The summed E-state index contributed by atoms with van der Waals surface area (Å²) in [5.74, 6) is -0.704. The van der Waals surface area contributed by atoms with Gasteiger partial charge >= 0.3 is 0 Å². The molecule has 0 saturated carbocycles. The molecule has 2 aromatic rings. The lowest BCUT2D eigenvalue weighted by atomic mass is 10.3. The van der Waals surface area contributed by atoms with Crippen LogP contribution in [0.1, 0.15) is 30.0 Å². The van der Waals surface area contributed by atoms with Crippen LogP contribution in [-0.2, 0) is 9.47 Å². The van der Waals surface area contributed by atoms with Crippen molar-refractivity contribution < 1.29 is 14.3 Å². The molecule has 1 aliphatic heterocycles. The third-order valence-corrected chi connectivity index (χ3v) is 3.97. The van der Waals surface area contributed by atoms with Gasteiger partial charge in [-0.05, 0) is 20.8 Å². The molecule has 1 unspecified atom stereocenters. The second-order valence-electron chi connectivity index (χ2n) is 5.26. The van der Waals surface area contributed by atoms with E-state index in [0.29, 0.717) is 18.8 Å². The van der Waals surface area contributed by atoms with Gasteiger partial charge in [0.25, 0.3) is 5.91 Å². The monoisotopic (exact) mass is 295 g/mol. The lowest BCUT2D eigenvalue weighted by molar-refractivity contribution is -0.137. The van der Waals surface area contributed by atoms with Gasteiger partial charge in [0.05, 0.1) is 12.3 Å². The second-order valence-corrected chi connectivity index (χ2v) is 6.14. The highest BCUT2D eigenvalue weighted by molar-refractivity contribution is 7.15. The predicted octanol–water partition coefficient (Wildman–Crippen LogP) is 1.59. The van der Waals surface area contributed by atoms with Gasteiger partial charge in [-0.15, -0.1) is 11.3 Å². The fraction of sp³-hybridized carbons (Fsp3) is 0.538. The Bertz CT molecular complexity index is 646. The number of carbonyl (C=O) groups excluding carboxylic acids is 1. The van der Waals surface area contributed by atoms with Crippen molar-refractivity contribution in [2.75, 3.05) is 13.2 Å². The highest BCUT2D eigenvalue weighted by Crippen LogP contribution is 2.22. The smallest absolute Gasteiger partial charge is 0.270 e. The Morgan fingerprint density at radius 2 is 2.45 bits per heavy atom. The Hall–Kier alpha value is -1.44. The van der Waals surface area contributed by atoms with E-state index in [0.717, 1.165) is 10.7 Å². The minimum atomic E-state index is -0.567. The fourth-order valence-corrected chi connectivity index (χ4v) is 3.08. The summed E-state index contributed by atoms with van der Waals surface area (Å²) >= 11 is 1.51. The van der Waals surface area contributed by atoms with E-state index >= 15 is 0 Å². The van der Waals surface area contributed by atoms with Crippen LogP contribution in [-0.4, -0.2) is 40.3 Å². The maximum Gasteiger partial charge on any atom is 0.270 e. The SMILES string of the molecule is Cc1nc2sccn2c1C(=O)NCC1COC(C)(C)O1. The molecule has 0 aromatic carbocycles. The number of fused-ring (bicyclic) bond motifs is 1. The number of carbonyl (C=O) groups is 1. The zero-order valence-electron chi connectivity index (χ0n) is 11.7. The number of aromatic nitrogens is 2. The fourth-order valence-electron chi connectivity index (χ4n) is 2.32. The summed E-state index contributed by atoms with van der Waals surface area (Å²) in [6.45, 7) is 6.49. The quantitative estimate of drug-likeness (QED) is 0.934. The van der Waals surface area contributed by atoms with Crippen molar-refractivity contribution >= 4 is 22.2 Å². The summed E-state index contributed by atoms with van der Waals surface area (Å²) < 4.78 is 12.9. The third kappa shape index (κ3) is 2.44. The average Bonchev–Trinajstić information content (AvgIpc) is 3.00. The zero-order valence-corrected chi connectivity index (χ0v) is 12.5. The molecule has 1 saturated heterocycles. The first kappa shape index (κ1) is 13.5. The van der Waals surface area contributed by atoms with E-state index in [1.54, 1.807) is 0 Å². The topological polar surface area (TPSA) is 64.9 Å². The molecule has 0 radical (unpaired) electrons. The van der Waals surface area contributed by atoms with Crippen molar-refractivity contribution in [2.45, 2.75) is 32.7 Å². The van der Waals surface area contributed by atoms with Gasteiger partial charge in [0.15, 0.2) is 10.7 Å². The van der Waals surface area contributed by atoms with Crippen LogP contribution in [0, 0.1) is 6.92 Å². The number of hydrogen-bond donors (Lipinski definition) is 1. The van der Waals surface area contributed by atoms with Gasteiger partial charge in [-0.1, -0.05) is 0 Å². The molecule has 7 heteroatoms. The van der Waals surface area contributed by atoms with E-state index in [1.165, 1.54) is 11.3 Å². The number of nitrogens with one attached hydrogen (secondary N) is 1. The molecule has 3 rings (SSSR count). The average molecular weight is 295 g/mol. The minimum Gasteiger partial charge on any atom is -0.348 e. The van der Waals surface area contributed by atoms with Crippen molar-refractivity contribution in [3.05, 3.63) is 23.0 Å². The maximum absolute atomic E-state index is 12.3. The summed E-state index contributed by atoms with van der Waals surface area (Å²) in [5.41, 5.74) is 1.32. The lowest BCUT2D eigenvalue weighted by Crippen LogP contribution is -2.35. The molecule has 1 fully saturated rings. The summed E-state index contributed by atoms with van der Waals surface area (Å²) in [6, 6.07) is 0. The first-order chi connectivity index (χ1) is 9.46. The molecule has 1 amide bonds. The Morgan fingerprint density at radius 3 is 3.15 bits per heavy atom. The van der Waals surface area contributed by atoms with Crippen molar-refractivity contribution in [3.63, 3.8) is 0 Å². The number of hydrogen-bond acceptors (Lipinski definition) is 5. The number of ether oxygens (including phenoxy) is 2. The molecule has 108 valence electrons. The maximum atomic E-state index is 12.3. The van der Waals surface area contributed by atoms with Gasteiger partial charge in [0, 0.05) is 18.1 Å². The summed E-state index contributed by atoms with van der Waals surface area (Å²) in [6.07, 6.45) is 1.74. The molecular formula is C13H17N3O3S. The predicted molar refractivity (Wildman–Crippen MR) is 75.0 cm³/mol. The molecule has 3 heterocycles. The molecule has 0 aliphatic carbocycles. The van der Waals surface area contributed by atoms with Crippen LogP contribution in [0.4, 0.5) is 0 Å². The van der Waals surface area contributed by atoms with Gasteiger partial charge in [-0.25, -0.2) is 4.98 Å². The first-order valence-electron chi connectivity index (χ1n) is 6.48. The Labute approximate surface area is 120 Å². The lowest BCUT2D eigenvalue weighted by Gasteiger charge is -2.17. The van der Waals surface area contributed by atoms with Gasteiger partial charge in [0.2, 0.25) is 0 Å². The van der Waals surface area contributed by atoms with Crippen molar-refractivity contribution in [3.8, 4) is 0 Å². The molecule has 0 bridgehead atoms. The number of amides is 1. The Kier molecular flexibility index (Phi) is 3.27. The van der Waals surface area contributed by atoms with E-state index in [-0.39, 0.29) is 12.0 Å². The van der Waals surface area contributed by atoms with E-state index in [1.807, 2.05) is 36.7 Å². The van der Waals surface area contributed by atoms with Crippen LogP contribution in [0.3, 0.4) is 0 Å². The Morgan fingerprint density at radius 1 is 1.65 bits per heavy atom. The van der Waals surface area contributed by atoms with Crippen molar-refractivity contribution in [1.82, 2.24) is 14.7 Å². The first-order valence-corrected chi connectivity index (χ1v) is 7.36. The number of rotatable bonds is 3. The van der Waals surface area contributed by atoms with E-state index in [2.05, 4.69) is 10.3 Å². The molecule has 1 aliphatic rings. The van der Waals surface area contributed by atoms with Crippen LogP contribution < -0.4 is 5.32 Å². The van der Waals surface area contributed by atoms with Crippen LogP contribution in [0.15, 0.2) is 11.6 Å². The molecule has 20 heavy (non-hydrogen) atoms. The zero-order chi connectivity index (χ0) is 14.3. The number of nitrogens with zero attached hydrogens (tertiary/aromatic N) is 2. The molecule has 0 spiro atoms. The van der Waals surface area contributed by atoms with Crippen molar-refractivity contribution in [1.29, 1.82) is 0 Å². The molecule has 6 nitrogen and oxygen atoms in total. The van der Waals surface area contributed by atoms with Gasteiger partial charge < -0.3 is 14.8 Å². The van der Waals surface area contributed by atoms with Crippen molar-refractivity contribution in [2.24, 2.45) is 0 Å². The molecule has 1 N–H and O–H groups in total. The van der Waals surface area contributed by atoms with E-state index < -0.39 is 5.79 Å². The minimum absolute atomic E-state index is 0.111. The third-order valence-electron chi connectivity index (χ3n) is 3.21. The highest BCUT2D eigenvalue weighted by atomic mass is 32.1.